The third-order valence-corrected chi connectivity index (χ3v) is 1.47. The average Bonchev–Trinajstić information content (AvgIpc) is 2.46. The van der Waals surface area contributed by atoms with Crippen molar-refractivity contribution >= 4 is 11.5 Å². The first-order chi connectivity index (χ1) is 6.07. The number of aromatic nitrogens is 2. The average molecular weight is 185 g/mol. The molecule has 0 aliphatic rings. The number of amidine groups is 1. The third-order valence-electron chi connectivity index (χ3n) is 1.47. The van der Waals surface area contributed by atoms with Gasteiger partial charge in [-0.25, -0.2) is 0 Å². The standard InChI is InChI=1S/C5H7N5O3/c1-9-4(5(6)8-11)3(2-7-9)10(12)13/h2,11H,1H3,(H2,6,8). The molecule has 0 spiro atoms. The summed E-state index contributed by atoms with van der Waals surface area (Å²) in [6.07, 6.45) is 1.04. The second-order valence-electron chi connectivity index (χ2n) is 2.24. The van der Waals surface area contributed by atoms with Gasteiger partial charge in [-0.15, -0.1) is 0 Å². The molecule has 1 rings (SSSR count). The van der Waals surface area contributed by atoms with Crippen molar-refractivity contribution in [2.45, 2.75) is 0 Å². The predicted octanol–water partition coefficient (Wildman–Crippen LogP) is -0.577. The van der Waals surface area contributed by atoms with E-state index in [2.05, 4.69) is 10.3 Å². The van der Waals surface area contributed by atoms with E-state index in [1.165, 1.54) is 7.05 Å². The van der Waals surface area contributed by atoms with Crippen molar-refractivity contribution < 1.29 is 10.1 Å². The second-order valence-corrected chi connectivity index (χ2v) is 2.24. The Morgan fingerprint density at radius 3 is 3.00 bits per heavy atom. The largest absolute Gasteiger partial charge is 0.409 e. The summed E-state index contributed by atoms with van der Waals surface area (Å²) in [5, 5.41) is 25.0. The number of rotatable bonds is 2. The summed E-state index contributed by atoms with van der Waals surface area (Å²) >= 11 is 0. The smallest absolute Gasteiger partial charge is 0.318 e. The van der Waals surface area contributed by atoms with Gasteiger partial charge < -0.3 is 10.9 Å². The maximum atomic E-state index is 10.4. The quantitative estimate of drug-likeness (QED) is 0.210. The van der Waals surface area contributed by atoms with Crippen molar-refractivity contribution in [3.05, 3.63) is 22.0 Å². The minimum atomic E-state index is -0.652. The monoisotopic (exact) mass is 185 g/mol. The summed E-state index contributed by atoms with van der Waals surface area (Å²) in [5.41, 5.74) is 4.90. The van der Waals surface area contributed by atoms with Crippen LogP contribution < -0.4 is 5.73 Å². The highest BCUT2D eigenvalue weighted by molar-refractivity contribution is 5.98. The van der Waals surface area contributed by atoms with Crippen LogP contribution in [-0.4, -0.2) is 25.7 Å². The van der Waals surface area contributed by atoms with Crippen molar-refractivity contribution in [2.75, 3.05) is 0 Å². The van der Waals surface area contributed by atoms with E-state index in [0.717, 1.165) is 10.9 Å². The molecule has 13 heavy (non-hydrogen) atoms. The fraction of sp³-hybridized carbons (Fsp3) is 0.200. The molecular formula is C5H7N5O3. The minimum Gasteiger partial charge on any atom is -0.409 e. The lowest BCUT2D eigenvalue weighted by Gasteiger charge is -1.97. The molecule has 0 saturated heterocycles. The molecule has 1 aromatic heterocycles. The number of nitro groups is 1. The van der Waals surface area contributed by atoms with Gasteiger partial charge in [0.1, 0.15) is 6.20 Å². The number of oxime groups is 1. The Bertz CT molecular complexity index is 368. The molecule has 0 aliphatic carbocycles. The van der Waals surface area contributed by atoms with Crippen LogP contribution in [0.1, 0.15) is 5.69 Å². The zero-order chi connectivity index (χ0) is 10.0. The van der Waals surface area contributed by atoms with E-state index in [-0.39, 0.29) is 17.2 Å². The van der Waals surface area contributed by atoms with Crippen LogP contribution in [-0.2, 0) is 7.05 Å². The Morgan fingerprint density at radius 2 is 2.54 bits per heavy atom. The number of hydrogen-bond acceptors (Lipinski definition) is 5. The van der Waals surface area contributed by atoms with Crippen molar-refractivity contribution in [2.24, 2.45) is 17.9 Å². The van der Waals surface area contributed by atoms with Gasteiger partial charge in [-0.1, -0.05) is 5.16 Å². The van der Waals surface area contributed by atoms with Crippen molar-refractivity contribution in [1.29, 1.82) is 0 Å². The van der Waals surface area contributed by atoms with Crippen molar-refractivity contribution in [1.82, 2.24) is 9.78 Å². The molecule has 0 aliphatic heterocycles. The highest BCUT2D eigenvalue weighted by Crippen LogP contribution is 2.15. The van der Waals surface area contributed by atoms with E-state index in [1.807, 2.05) is 0 Å². The zero-order valence-electron chi connectivity index (χ0n) is 6.71. The van der Waals surface area contributed by atoms with Crippen LogP contribution in [0.4, 0.5) is 5.69 Å². The van der Waals surface area contributed by atoms with Gasteiger partial charge in [0.25, 0.3) is 0 Å². The van der Waals surface area contributed by atoms with Crippen LogP contribution in [0.15, 0.2) is 11.4 Å². The lowest BCUT2D eigenvalue weighted by atomic mass is 10.3. The molecule has 0 saturated carbocycles. The summed E-state index contributed by atoms with van der Waals surface area (Å²) in [5.74, 6) is -0.341. The van der Waals surface area contributed by atoms with Gasteiger partial charge in [0, 0.05) is 7.05 Å². The third kappa shape index (κ3) is 1.41. The molecule has 0 bridgehead atoms. The van der Waals surface area contributed by atoms with Gasteiger partial charge in [0.2, 0.25) is 0 Å². The van der Waals surface area contributed by atoms with Crippen molar-refractivity contribution in [3.8, 4) is 0 Å². The van der Waals surface area contributed by atoms with Gasteiger partial charge in [-0.3, -0.25) is 14.8 Å². The Kier molecular flexibility index (Phi) is 2.13. The first kappa shape index (κ1) is 8.97. The Labute approximate surface area is 72.4 Å². The molecule has 0 aromatic carbocycles. The van der Waals surface area contributed by atoms with E-state index in [9.17, 15) is 10.1 Å². The van der Waals surface area contributed by atoms with Gasteiger partial charge in [-0.2, -0.15) is 5.10 Å². The molecule has 0 radical (unpaired) electrons. The van der Waals surface area contributed by atoms with E-state index < -0.39 is 4.92 Å². The second kappa shape index (κ2) is 3.09. The topological polar surface area (TPSA) is 120 Å². The van der Waals surface area contributed by atoms with Crippen LogP contribution >= 0.6 is 0 Å². The fourth-order valence-electron chi connectivity index (χ4n) is 0.904. The molecule has 0 atom stereocenters. The Morgan fingerprint density at radius 1 is 1.92 bits per heavy atom. The van der Waals surface area contributed by atoms with Crippen LogP contribution in [0.2, 0.25) is 0 Å². The summed E-state index contributed by atoms with van der Waals surface area (Å²) in [6, 6.07) is 0. The lowest BCUT2D eigenvalue weighted by molar-refractivity contribution is -0.385. The van der Waals surface area contributed by atoms with E-state index in [1.54, 1.807) is 0 Å². The predicted molar refractivity (Wildman–Crippen MR) is 42.4 cm³/mol. The van der Waals surface area contributed by atoms with Crippen LogP contribution in [0.5, 0.6) is 0 Å². The van der Waals surface area contributed by atoms with Gasteiger partial charge >= 0.3 is 5.69 Å². The van der Waals surface area contributed by atoms with Crippen LogP contribution in [0.25, 0.3) is 0 Å². The first-order valence-electron chi connectivity index (χ1n) is 3.22. The Hall–Kier alpha value is -2.12. The maximum absolute atomic E-state index is 10.4. The van der Waals surface area contributed by atoms with Gasteiger partial charge in [-0.05, 0) is 0 Å². The number of hydrogen-bond donors (Lipinski definition) is 2. The van der Waals surface area contributed by atoms with Crippen molar-refractivity contribution in [3.63, 3.8) is 0 Å². The molecule has 0 fully saturated rings. The molecule has 0 amide bonds. The molecule has 8 heteroatoms. The van der Waals surface area contributed by atoms with E-state index in [4.69, 9.17) is 10.9 Å². The van der Waals surface area contributed by atoms with E-state index in [0.29, 0.717) is 0 Å². The molecular weight excluding hydrogens is 178 g/mol. The SMILES string of the molecule is Cn1ncc([N+](=O)[O-])c1C(N)=NO. The highest BCUT2D eigenvalue weighted by Gasteiger charge is 2.22. The zero-order valence-corrected chi connectivity index (χ0v) is 6.71. The molecule has 3 N–H and O–H groups in total. The fourth-order valence-corrected chi connectivity index (χ4v) is 0.904. The van der Waals surface area contributed by atoms with Gasteiger partial charge in [0.15, 0.2) is 11.5 Å². The molecule has 0 unspecified atom stereocenters. The van der Waals surface area contributed by atoms with Crippen LogP contribution in [0, 0.1) is 10.1 Å². The molecule has 1 heterocycles. The summed E-state index contributed by atoms with van der Waals surface area (Å²) in [6.45, 7) is 0. The molecule has 8 nitrogen and oxygen atoms in total. The van der Waals surface area contributed by atoms with Crippen LogP contribution in [0.3, 0.4) is 0 Å². The maximum Gasteiger partial charge on any atom is 0.318 e. The number of aryl methyl sites for hydroxylation is 1. The summed E-state index contributed by atoms with van der Waals surface area (Å²) in [4.78, 5) is 9.76. The highest BCUT2D eigenvalue weighted by atomic mass is 16.6. The normalized spacial score (nSPS) is 11.6. The first-order valence-corrected chi connectivity index (χ1v) is 3.22. The number of nitrogens with zero attached hydrogens (tertiary/aromatic N) is 4. The Balaban J connectivity index is 3.32. The van der Waals surface area contributed by atoms with E-state index >= 15 is 0 Å². The number of nitrogens with two attached hydrogens (primary N) is 1. The minimum absolute atomic E-state index is 0.0208. The summed E-state index contributed by atoms with van der Waals surface area (Å²) in [7, 11) is 1.46. The van der Waals surface area contributed by atoms with Gasteiger partial charge in [0.05, 0.1) is 4.92 Å². The summed E-state index contributed by atoms with van der Waals surface area (Å²) < 4.78 is 1.16. The lowest BCUT2D eigenvalue weighted by Crippen LogP contribution is -2.18. The molecule has 1 aromatic rings. The molecule has 70 valence electrons.